The lowest BCUT2D eigenvalue weighted by Gasteiger charge is -2.36. The maximum absolute atomic E-state index is 15.8. The van der Waals surface area contributed by atoms with Crippen molar-refractivity contribution >= 4 is 33.3 Å². The molecule has 8 heteroatoms. The van der Waals surface area contributed by atoms with E-state index in [9.17, 15) is 9.18 Å². The van der Waals surface area contributed by atoms with E-state index in [1.54, 1.807) is 29.3 Å². The van der Waals surface area contributed by atoms with Crippen LogP contribution < -0.4 is 9.64 Å². The van der Waals surface area contributed by atoms with E-state index >= 15 is 4.39 Å². The summed E-state index contributed by atoms with van der Waals surface area (Å²) in [5, 5.41) is 1.87. The van der Waals surface area contributed by atoms with Crippen LogP contribution >= 0.6 is 0 Å². The number of amides is 1. The third-order valence-electron chi connectivity index (χ3n) is 6.19. The molecule has 0 saturated carbocycles. The number of methoxy groups -OCH3 is 1. The summed E-state index contributed by atoms with van der Waals surface area (Å²) in [5.74, 6) is -0.605. The van der Waals surface area contributed by atoms with E-state index in [4.69, 9.17) is 4.74 Å². The van der Waals surface area contributed by atoms with Crippen LogP contribution in [0, 0.1) is 11.6 Å². The molecule has 1 amide bonds. The zero-order valence-electron chi connectivity index (χ0n) is 18.6. The number of halogens is 2. The highest BCUT2D eigenvalue weighted by molar-refractivity contribution is 6.00. The van der Waals surface area contributed by atoms with Crippen LogP contribution in [0.25, 0.3) is 32.9 Å². The molecule has 1 saturated heterocycles. The van der Waals surface area contributed by atoms with E-state index in [0.29, 0.717) is 54.0 Å². The second-order valence-corrected chi connectivity index (χ2v) is 8.05. The Kier molecular flexibility index (Phi) is 5.57. The highest BCUT2D eigenvalue weighted by Crippen LogP contribution is 2.39. The van der Waals surface area contributed by atoms with Crippen molar-refractivity contribution in [3.05, 3.63) is 73.1 Å². The number of benzene rings is 2. The molecular formula is C26H22F2N4O2. The van der Waals surface area contributed by atoms with Gasteiger partial charge in [0.15, 0.2) is 11.6 Å². The van der Waals surface area contributed by atoms with Crippen LogP contribution in [0.1, 0.15) is 0 Å². The number of fused-ring (bicyclic) bond motifs is 2. The normalized spacial score (nSPS) is 14.0. The molecule has 1 aliphatic rings. The molecule has 5 rings (SSSR count). The first-order valence-corrected chi connectivity index (χ1v) is 10.9. The monoisotopic (exact) mass is 460 g/mol. The summed E-state index contributed by atoms with van der Waals surface area (Å²) in [7, 11) is 1.53. The average Bonchev–Trinajstić information content (AvgIpc) is 2.87. The Hall–Kier alpha value is -4.07. The minimum atomic E-state index is -0.585. The number of carbonyl (C=O) groups excluding carboxylic acids is 1. The first kappa shape index (κ1) is 21.8. The number of rotatable bonds is 4. The lowest BCUT2D eigenvalue weighted by Crippen LogP contribution is -2.48. The Morgan fingerprint density at radius 3 is 2.59 bits per heavy atom. The van der Waals surface area contributed by atoms with Crippen molar-refractivity contribution < 1.29 is 18.3 Å². The van der Waals surface area contributed by atoms with Gasteiger partial charge in [0.05, 0.1) is 19.0 Å². The van der Waals surface area contributed by atoms with Crippen molar-refractivity contribution in [3.8, 4) is 17.0 Å². The molecule has 0 spiro atoms. The lowest BCUT2D eigenvalue weighted by molar-refractivity contribution is -0.126. The molecule has 0 unspecified atom stereocenters. The van der Waals surface area contributed by atoms with Crippen molar-refractivity contribution in [3.63, 3.8) is 0 Å². The molecule has 6 nitrogen and oxygen atoms in total. The van der Waals surface area contributed by atoms with E-state index in [1.807, 2.05) is 11.0 Å². The van der Waals surface area contributed by atoms with Crippen LogP contribution in [-0.4, -0.2) is 54.1 Å². The first-order chi connectivity index (χ1) is 16.5. The maximum atomic E-state index is 15.8. The Labute approximate surface area is 195 Å². The SMILES string of the molecule is C=CC(=O)N1CCN(c2c(OC)cnc3c(F)c(-c4cccc5ccc(F)cc45)ncc23)CC1. The van der Waals surface area contributed by atoms with Gasteiger partial charge in [0.25, 0.3) is 0 Å². The Balaban J connectivity index is 1.62. The Morgan fingerprint density at radius 1 is 1.06 bits per heavy atom. The Morgan fingerprint density at radius 2 is 1.85 bits per heavy atom. The van der Waals surface area contributed by atoms with Crippen LogP contribution in [-0.2, 0) is 4.79 Å². The molecule has 1 fully saturated rings. The number of pyridine rings is 2. The first-order valence-electron chi connectivity index (χ1n) is 10.9. The second kappa shape index (κ2) is 8.70. The zero-order chi connectivity index (χ0) is 23.8. The molecule has 0 N–H and O–H groups in total. The van der Waals surface area contributed by atoms with Gasteiger partial charge in [-0.25, -0.2) is 13.8 Å². The number of carbonyl (C=O) groups is 1. The molecular weight excluding hydrogens is 438 g/mol. The Bertz CT molecular complexity index is 1430. The number of anilines is 1. The molecule has 2 aromatic carbocycles. The predicted molar refractivity (Wildman–Crippen MR) is 128 cm³/mol. The fourth-order valence-corrected chi connectivity index (χ4v) is 4.49. The largest absolute Gasteiger partial charge is 0.493 e. The van der Waals surface area contributed by atoms with E-state index in [-0.39, 0.29) is 17.1 Å². The van der Waals surface area contributed by atoms with Crippen LogP contribution in [0.15, 0.2) is 61.4 Å². The van der Waals surface area contributed by atoms with E-state index in [1.165, 1.54) is 31.5 Å². The molecule has 0 radical (unpaired) electrons. The molecule has 0 bridgehead atoms. The summed E-state index contributed by atoms with van der Waals surface area (Å²) in [6.45, 7) is 5.64. The van der Waals surface area contributed by atoms with Gasteiger partial charge < -0.3 is 14.5 Å². The van der Waals surface area contributed by atoms with Gasteiger partial charge in [-0.15, -0.1) is 0 Å². The third kappa shape index (κ3) is 3.61. The van der Waals surface area contributed by atoms with Gasteiger partial charge in [-0.1, -0.05) is 30.8 Å². The van der Waals surface area contributed by atoms with Gasteiger partial charge in [-0.05, 0) is 29.0 Å². The topological polar surface area (TPSA) is 58.6 Å². The van der Waals surface area contributed by atoms with Gasteiger partial charge in [-0.2, -0.15) is 0 Å². The quantitative estimate of drug-likeness (QED) is 0.418. The maximum Gasteiger partial charge on any atom is 0.246 e. The number of hydrogen-bond acceptors (Lipinski definition) is 5. The highest BCUT2D eigenvalue weighted by atomic mass is 19.1. The van der Waals surface area contributed by atoms with E-state index in [0.717, 1.165) is 5.39 Å². The summed E-state index contributed by atoms with van der Waals surface area (Å²) in [6, 6.07) is 9.77. The average molecular weight is 460 g/mol. The minimum absolute atomic E-state index is 0.105. The van der Waals surface area contributed by atoms with Gasteiger partial charge in [0.2, 0.25) is 5.91 Å². The molecule has 34 heavy (non-hydrogen) atoms. The van der Waals surface area contributed by atoms with Crippen LogP contribution in [0.4, 0.5) is 14.5 Å². The molecule has 2 aromatic heterocycles. The molecule has 4 aromatic rings. The van der Waals surface area contributed by atoms with E-state index in [2.05, 4.69) is 16.5 Å². The van der Waals surface area contributed by atoms with Crippen molar-refractivity contribution in [2.75, 3.05) is 38.2 Å². The molecule has 3 heterocycles. The van der Waals surface area contributed by atoms with Crippen LogP contribution in [0.5, 0.6) is 5.75 Å². The van der Waals surface area contributed by atoms with Crippen molar-refractivity contribution in [2.45, 2.75) is 0 Å². The van der Waals surface area contributed by atoms with Crippen molar-refractivity contribution in [1.82, 2.24) is 14.9 Å². The third-order valence-corrected chi connectivity index (χ3v) is 6.19. The predicted octanol–water partition coefficient (Wildman–Crippen LogP) is 4.57. The summed E-state index contributed by atoms with van der Waals surface area (Å²) >= 11 is 0. The van der Waals surface area contributed by atoms with Crippen LogP contribution in [0.2, 0.25) is 0 Å². The molecule has 1 aliphatic heterocycles. The molecule has 0 atom stereocenters. The number of hydrogen-bond donors (Lipinski definition) is 0. The van der Waals surface area contributed by atoms with E-state index < -0.39 is 11.6 Å². The van der Waals surface area contributed by atoms with Gasteiger partial charge >= 0.3 is 0 Å². The fraction of sp³-hybridized carbons (Fsp3) is 0.192. The number of ether oxygens (including phenoxy) is 1. The lowest BCUT2D eigenvalue weighted by atomic mass is 10.0. The summed E-state index contributed by atoms with van der Waals surface area (Å²) in [4.78, 5) is 24.5. The molecule has 172 valence electrons. The summed E-state index contributed by atoms with van der Waals surface area (Å²) in [5.41, 5.74) is 1.43. The van der Waals surface area contributed by atoms with Crippen LogP contribution in [0.3, 0.4) is 0 Å². The molecule has 0 aliphatic carbocycles. The summed E-state index contributed by atoms with van der Waals surface area (Å²) < 4.78 is 35.3. The van der Waals surface area contributed by atoms with Crippen molar-refractivity contribution in [2.24, 2.45) is 0 Å². The number of nitrogens with zero attached hydrogens (tertiary/aromatic N) is 4. The zero-order valence-corrected chi connectivity index (χ0v) is 18.6. The highest BCUT2D eigenvalue weighted by Gasteiger charge is 2.26. The summed E-state index contributed by atoms with van der Waals surface area (Å²) in [6.07, 6.45) is 4.38. The minimum Gasteiger partial charge on any atom is -0.493 e. The second-order valence-electron chi connectivity index (χ2n) is 8.05. The van der Waals surface area contributed by atoms with Gasteiger partial charge in [0.1, 0.15) is 17.0 Å². The fourth-order valence-electron chi connectivity index (χ4n) is 4.49. The van der Waals surface area contributed by atoms with Gasteiger partial charge in [0, 0.05) is 43.3 Å². The van der Waals surface area contributed by atoms with Crippen molar-refractivity contribution in [1.29, 1.82) is 0 Å². The number of piperazine rings is 1. The standard InChI is InChI=1S/C26H22F2N4O2/c1-3-22(33)31-9-11-32(12-10-31)26-20-14-29-24(23(28)25(20)30-15-21(26)34-2)18-6-4-5-16-7-8-17(27)13-19(16)18/h3-8,13-15H,1,9-12H2,2H3. The smallest absolute Gasteiger partial charge is 0.246 e. The van der Waals surface area contributed by atoms with Gasteiger partial charge in [-0.3, -0.25) is 9.78 Å². The number of aromatic nitrogens is 2.